The molecule has 2 aromatic heterocycles. The summed E-state index contributed by atoms with van der Waals surface area (Å²) in [5, 5.41) is 13.5. The maximum absolute atomic E-state index is 10.7. The number of amides is 1. The van der Waals surface area contributed by atoms with E-state index < -0.39 is 0 Å². The van der Waals surface area contributed by atoms with Crippen LogP contribution in [0.25, 0.3) is 5.82 Å². The molecule has 0 radical (unpaired) electrons. The summed E-state index contributed by atoms with van der Waals surface area (Å²) < 4.78 is 1.72. The molecule has 3 N–H and O–H groups in total. The quantitative estimate of drug-likeness (QED) is 0.598. The van der Waals surface area contributed by atoms with Crippen LogP contribution in [0.15, 0.2) is 36.7 Å². The third-order valence-electron chi connectivity index (χ3n) is 3.68. The van der Waals surface area contributed by atoms with Crippen LogP contribution < -0.4 is 16.0 Å². The lowest BCUT2D eigenvalue weighted by atomic mass is 10.2. The van der Waals surface area contributed by atoms with Crippen molar-refractivity contribution in [1.82, 2.24) is 19.7 Å². The van der Waals surface area contributed by atoms with Gasteiger partial charge < -0.3 is 16.0 Å². The third-order valence-corrected chi connectivity index (χ3v) is 3.68. The van der Waals surface area contributed by atoms with E-state index >= 15 is 0 Å². The van der Waals surface area contributed by atoms with Gasteiger partial charge >= 0.3 is 0 Å². The summed E-state index contributed by atoms with van der Waals surface area (Å²) >= 11 is 0. The fraction of sp³-hybridized carbons (Fsp3) is 0.176. The van der Waals surface area contributed by atoms with Gasteiger partial charge in [-0.15, -0.1) is 0 Å². The van der Waals surface area contributed by atoms with Crippen LogP contribution in [0.1, 0.15) is 11.3 Å². The summed E-state index contributed by atoms with van der Waals surface area (Å²) in [6.07, 6.45) is 2.14. The summed E-state index contributed by atoms with van der Waals surface area (Å²) in [6.45, 7) is 3.91. The minimum absolute atomic E-state index is 0.648. The number of anilines is 4. The Hall–Kier alpha value is -3.42. The molecule has 25 heavy (non-hydrogen) atoms. The summed E-state index contributed by atoms with van der Waals surface area (Å²) in [5.41, 5.74) is 3.48. The molecule has 0 spiro atoms. The Morgan fingerprint density at radius 2 is 1.96 bits per heavy atom. The first-order chi connectivity index (χ1) is 12.1. The Labute approximate surface area is 145 Å². The lowest BCUT2D eigenvalue weighted by Crippen LogP contribution is -2.07. The second kappa shape index (κ2) is 7.00. The number of aromatic nitrogens is 4. The Bertz CT molecular complexity index is 904. The van der Waals surface area contributed by atoms with Gasteiger partial charge in [-0.05, 0) is 31.5 Å². The number of rotatable bonds is 6. The van der Waals surface area contributed by atoms with Crippen LogP contribution in [-0.2, 0) is 4.79 Å². The van der Waals surface area contributed by atoms with Crippen LogP contribution >= 0.6 is 0 Å². The van der Waals surface area contributed by atoms with E-state index in [1.807, 2.05) is 44.2 Å². The highest BCUT2D eigenvalue weighted by atomic mass is 16.1. The van der Waals surface area contributed by atoms with Crippen LogP contribution in [0, 0.1) is 13.8 Å². The predicted molar refractivity (Wildman–Crippen MR) is 97.6 cm³/mol. The zero-order valence-electron chi connectivity index (χ0n) is 14.2. The first-order valence-corrected chi connectivity index (χ1v) is 7.75. The van der Waals surface area contributed by atoms with E-state index in [-0.39, 0.29) is 0 Å². The van der Waals surface area contributed by atoms with Crippen molar-refractivity contribution in [2.45, 2.75) is 13.8 Å². The van der Waals surface area contributed by atoms with Crippen LogP contribution in [0.4, 0.5) is 23.0 Å². The topological polar surface area (TPSA) is 96.8 Å². The highest BCUT2D eigenvalue weighted by Crippen LogP contribution is 2.26. The molecule has 0 saturated carbocycles. The van der Waals surface area contributed by atoms with Crippen molar-refractivity contribution >= 4 is 29.4 Å². The van der Waals surface area contributed by atoms with Crippen molar-refractivity contribution in [1.29, 1.82) is 0 Å². The van der Waals surface area contributed by atoms with Gasteiger partial charge in [0.05, 0.1) is 5.69 Å². The number of hydrogen-bond donors (Lipinski definition) is 3. The zero-order valence-corrected chi connectivity index (χ0v) is 14.2. The van der Waals surface area contributed by atoms with E-state index in [0.29, 0.717) is 23.7 Å². The van der Waals surface area contributed by atoms with E-state index in [0.717, 1.165) is 22.8 Å². The van der Waals surface area contributed by atoms with Gasteiger partial charge in [0.2, 0.25) is 6.41 Å². The first-order valence-electron chi connectivity index (χ1n) is 7.75. The smallest absolute Gasteiger partial charge is 0.211 e. The molecule has 8 nitrogen and oxygen atoms in total. The SMILES string of the molecule is CNc1cc(-n2nc(C)cc2Nc2cc(NC=O)ccc2C)ncn1. The van der Waals surface area contributed by atoms with Crippen LogP contribution in [0.5, 0.6) is 0 Å². The second-order valence-corrected chi connectivity index (χ2v) is 5.51. The molecular weight excluding hydrogens is 318 g/mol. The van der Waals surface area contributed by atoms with Gasteiger partial charge in [-0.25, -0.2) is 9.97 Å². The molecule has 0 fully saturated rings. The van der Waals surface area contributed by atoms with Gasteiger partial charge in [-0.1, -0.05) is 6.07 Å². The fourth-order valence-corrected chi connectivity index (χ4v) is 2.42. The molecule has 0 saturated heterocycles. The van der Waals surface area contributed by atoms with E-state index in [1.165, 1.54) is 6.33 Å². The maximum atomic E-state index is 10.7. The van der Waals surface area contributed by atoms with Gasteiger partial charge in [0.15, 0.2) is 5.82 Å². The first kappa shape index (κ1) is 16.4. The Morgan fingerprint density at radius 3 is 2.72 bits per heavy atom. The molecule has 0 bridgehead atoms. The molecule has 8 heteroatoms. The lowest BCUT2D eigenvalue weighted by molar-refractivity contribution is -0.105. The highest BCUT2D eigenvalue weighted by molar-refractivity contribution is 5.75. The standard InChI is InChI=1S/C17H19N7O/c1-11-4-5-13(21-10-25)7-14(11)22-17-6-12(2)23-24(17)16-8-15(18-3)19-9-20-16/h4-10,22H,1-3H3,(H,21,25)(H,18,19,20). The Kier molecular flexibility index (Phi) is 4.60. The summed E-state index contributed by atoms with van der Waals surface area (Å²) in [4.78, 5) is 19.1. The molecule has 1 amide bonds. The van der Waals surface area contributed by atoms with Gasteiger partial charge in [0, 0.05) is 30.6 Å². The predicted octanol–water partition coefficient (Wildman–Crippen LogP) is 2.63. The van der Waals surface area contributed by atoms with Crippen LogP contribution in [-0.4, -0.2) is 33.2 Å². The van der Waals surface area contributed by atoms with Crippen molar-refractivity contribution < 1.29 is 4.79 Å². The van der Waals surface area contributed by atoms with E-state index in [4.69, 9.17) is 0 Å². The lowest BCUT2D eigenvalue weighted by Gasteiger charge is -2.13. The average molecular weight is 337 g/mol. The number of carbonyl (C=O) groups is 1. The monoisotopic (exact) mass is 337 g/mol. The number of aryl methyl sites for hydroxylation is 2. The summed E-state index contributed by atoms with van der Waals surface area (Å²) in [6, 6.07) is 9.40. The molecule has 1 aromatic carbocycles. The van der Waals surface area contributed by atoms with Crippen molar-refractivity contribution in [2.24, 2.45) is 0 Å². The molecule has 0 aliphatic rings. The minimum atomic E-state index is 0.648. The largest absolute Gasteiger partial charge is 0.373 e. The van der Waals surface area contributed by atoms with Crippen molar-refractivity contribution in [3.8, 4) is 5.82 Å². The van der Waals surface area contributed by atoms with Crippen molar-refractivity contribution in [3.63, 3.8) is 0 Å². The van der Waals surface area contributed by atoms with Gasteiger partial charge in [-0.3, -0.25) is 4.79 Å². The number of carbonyl (C=O) groups excluding carboxylic acids is 1. The van der Waals surface area contributed by atoms with Crippen molar-refractivity contribution in [2.75, 3.05) is 23.0 Å². The molecule has 3 aromatic rings. The third kappa shape index (κ3) is 3.57. The molecule has 0 atom stereocenters. The number of nitrogens with zero attached hydrogens (tertiary/aromatic N) is 4. The molecule has 0 aliphatic heterocycles. The Balaban J connectivity index is 1.99. The van der Waals surface area contributed by atoms with Crippen LogP contribution in [0.3, 0.4) is 0 Å². The Morgan fingerprint density at radius 1 is 1.12 bits per heavy atom. The second-order valence-electron chi connectivity index (χ2n) is 5.51. The highest BCUT2D eigenvalue weighted by Gasteiger charge is 2.11. The number of hydrogen-bond acceptors (Lipinski definition) is 6. The van der Waals surface area contributed by atoms with Crippen molar-refractivity contribution in [3.05, 3.63) is 47.9 Å². The average Bonchev–Trinajstić information content (AvgIpc) is 2.98. The summed E-state index contributed by atoms with van der Waals surface area (Å²) in [5.74, 6) is 2.12. The van der Waals surface area contributed by atoms with Gasteiger partial charge in [0.25, 0.3) is 0 Å². The van der Waals surface area contributed by atoms with E-state index in [1.54, 1.807) is 11.7 Å². The van der Waals surface area contributed by atoms with E-state index in [2.05, 4.69) is 31.0 Å². The number of nitrogens with one attached hydrogen (secondary N) is 3. The molecule has 0 unspecified atom stereocenters. The minimum Gasteiger partial charge on any atom is -0.373 e. The van der Waals surface area contributed by atoms with Gasteiger partial charge in [0.1, 0.15) is 18.0 Å². The van der Waals surface area contributed by atoms with Crippen LogP contribution in [0.2, 0.25) is 0 Å². The number of benzene rings is 1. The zero-order chi connectivity index (χ0) is 17.8. The molecule has 3 rings (SSSR count). The molecule has 2 heterocycles. The van der Waals surface area contributed by atoms with E-state index in [9.17, 15) is 4.79 Å². The maximum Gasteiger partial charge on any atom is 0.211 e. The normalized spacial score (nSPS) is 10.4. The molecule has 128 valence electrons. The van der Waals surface area contributed by atoms with Gasteiger partial charge in [-0.2, -0.15) is 9.78 Å². The summed E-state index contributed by atoms with van der Waals surface area (Å²) in [7, 11) is 1.80. The fourth-order valence-electron chi connectivity index (χ4n) is 2.42. The molecule has 0 aliphatic carbocycles. The molecular formula is C17H19N7O.